The minimum absolute atomic E-state index is 0.599. The fourth-order valence-corrected chi connectivity index (χ4v) is 3.41. The van der Waals surface area contributed by atoms with Gasteiger partial charge in [-0.05, 0) is 30.7 Å². The van der Waals surface area contributed by atoms with Crippen molar-refractivity contribution in [3.63, 3.8) is 0 Å². The Bertz CT molecular complexity index is 328. The highest BCUT2D eigenvalue weighted by atomic mass is 14.9. The SMILES string of the molecule is CNC1C2C=CC=CC2C2C=CC=CC21. The lowest BCUT2D eigenvalue weighted by Gasteiger charge is -2.23. The lowest BCUT2D eigenvalue weighted by molar-refractivity contribution is 0.423. The van der Waals surface area contributed by atoms with E-state index in [1.807, 2.05) is 0 Å². The lowest BCUT2D eigenvalue weighted by Crippen LogP contribution is -2.35. The van der Waals surface area contributed by atoms with E-state index in [-0.39, 0.29) is 0 Å². The van der Waals surface area contributed by atoms with Crippen molar-refractivity contribution in [3.05, 3.63) is 48.6 Å². The molecule has 4 atom stereocenters. The molecule has 3 rings (SSSR count). The van der Waals surface area contributed by atoms with Crippen molar-refractivity contribution in [2.24, 2.45) is 23.7 Å². The predicted molar refractivity (Wildman–Crippen MR) is 63.4 cm³/mol. The van der Waals surface area contributed by atoms with Crippen LogP contribution in [0.2, 0.25) is 0 Å². The molecule has 3 aliphatic carbocycles. The van der Waals surface area contributed by atoms with Gasteiger partial charge in [-0.15, -0.1) is 0 Å². The first-order valence-electron chi connectivity index (χ1n) is 5.79. The van der Waals surface area contributed by atoms with Crippen molar-refractivity contribution in [1.82, 2.24) is 5.32 Å². The van der Waals surface area contributed by atoms with Gasteiger partial charge in [0, 0.05) is 6.04 Å². The molecule has 0 aromatic carbocycles. The van der Waals surface area contributed by atoms with Crippen LogP contribution >= 0.6 is 0 Å². The summed E-state index contributed by atoms with van der Waals surface area (Å²) in [6.45, 7) is 0. The number of hydrogen-bond donors (Lipinski definition) is 1. The van der Waals surface area contributed by atoms with E-state index in [1.54, 1.807) is 0 Å². The molecule has 3 aliphatic rings. The molecule has 0 aromatic heterocycles. The third kappa shape index (κ3) is 1.26. The Labute approximate surface area is 91.3 Å². The smallest absolute Gasteiger partial charge is 0.0202 e. The molecule has 0 bridgehead atoms. The van der Waals surface area contributed by atoms with Crippen LogP contribution in [0.5, 0.6) is 0 Å². The second-order valence-corrected chi connectivity index (χ2v) is 4.66. The first-order valence-corrected chi connectivity index (χ1v) is 5.79. The molecular formula is C14H17N. The van der Waals surface area contributed by atoms with E-state index in [9.17, 15) is 0 Å². The van der Waals surface area contributed by atoms with Gasteiger partial charge < -0.3 is 5.32 Å². The maximum absolute atomic E-state index is 3.49. The maximum Gasteiger partial charge on any atom is 0.0202 e. The van der Waals surface area contributed by atoms with Crippen LogP contribution in [0, 0.1) is 23.7 Å². The summed E-state index contributed by atoms with van der Waals surface area (Å²) in [5.74, 6) is 2.72. The van der Waals surface area contributed by atoms with E-state index in [2.05, 4.69) is 61.0 Å². The average molecular weight is 199 g/mol. The fourth-order valence-electron chi connectivity index (χ4n) is 3.41. The largest absolute Gasteiger partial charge is 0.316 e. The zero-order valence-electron chi connectivity index (χ0n) is 9.01. The van der Waals surface area contributed by atoms with Crippen LogP contribution in [0.3, 0.4) is 0 Å². The van der Waals surface area contributed by atoms with E-state index in [0.717, 1.165) is 0 Å². The second kappa shape index (κ2) is 3.49. The summed E-state index contributed by atoms with van der Waals surface area (Å²) in [6, 6.07) is 0.599. The Kier molecular flexibility index (Phi) is 2.14. The highest BCUT2D eigenvalue weighted by Crippen LogP contribution is 2.47. The molecule has 1 saturated carbocycles. The average Bonchev–Trinajstić information content (AvgIpc) is 2.63. The molecule has 1 fully saturated rings. The minimum atomic E-state index is 0.599. The molecule has 1 heteroatoms. The van der Waals surface area contributed by atoms with Crippen LogP contribution < -0.4 is 5.32 Å². The van der Waals surface area contributed by atoms with Crippen molar-refractivity contribution in [3.8, 4) is 0 Å². The Morgan fingerprint density at radius 1 is 0.667 bits per heavy atom. The summed E-state index contributed by atoms with van der Waals surface area (Å²) in [7, 11) is 2.09. The van der Waals surface area contributed by atoms with E-state index >= 15 is 0 Å². The molecule has 0 aromatic rings. The van der Waals surface area contributed by atoms with Crippen LogP contribution in [0.4, 0.5) is 0 Å². The fraction of sp³-hybridized carbons (Fsp3) is 0.429. The standard InChI is InChI=1S/C14H17N/c1-15-14-12-8-4-2-6-10(12)11-7-3-5-9-13(11)14/h2-15H,1H3. The van der Waals surface area contributed by atoms with Crippen LogP contribution in [0.15, 0.2) is 48.6 Å². The van der Waals surface area contributed by atoms with E-state index in [1.165, 1.54) is 0 Å². The predicted octanol–water partition coefficient (Wildman–Crippen LogP) is 2.30. The third-order valence-corrected chi connectivity index (χ3v) is 4.05. The van der Waals surface area contributed by atoms with Gasteiger partial charge in [-0.1, -0.05) is 48.6 Å². The molecule has 15 heavy (non-hydrogen) atoms. The molecule has 0 aliphatic heterocycles. The molecule has 1 nitrogen and oxygen atoms in total. The second-order valence-electron chi connectivity index (χ2n) is 4.66. The summed E-state index contributed by atoms with van der Waals surface area (Å²) in [5.41, 5.74) is 0. The minimum Gasteiger partial charge on any atom is -0.316 e. The Morgan fingerprint density at radius 3 is 1.47 bits per heavy atom. The maximum atomic E-state index is 3.49. The summed E-state index contributed by atoms with van der Waals surface area (Å²) >= 11 is 0. The van der Waals surface area contributed by atoms with Crippen molar-refractivity contribution >= 4 is 0 Å². The van der Waals surface area contributed by atoms with E-state index < -0.39 is 0 Å². The Hall–Kier alpha value is -1.08. The molecule has 4 unspecified atom stereocenters. The highest BCUT2D eigenvalue weighted by molar-refractivity contribution is 5.29. The van der Waals surface area contributed by atoms with Gasteiger partial charge in [-0.25, -0.2) is 0 Å². The van der Waals surface area contributed by atoms with Crippen LogP contribution in [0.1, 0.15) is 0 Å². The molecule has 78 valence electrons. The van der Waals surface area contributed by atoms with Gasteiger partial charge in [-0.3, -0.25) is 0 Å². The first-order chi connectivity index (χ1) is 7.42. The molecule has 0 heterocycles. The van der Waals surface area contributed by atoms with Gasteiger partial charge >= 0.3 is 0 Å². The summed E-state index contributed by atoms with van der Waals surface area (Å²) < 4.78 is 0. The zero-order chi connectivity index (χ0) is 10.3. The van der Waals surface area contributed by atoms with Crippen LogP contribution in [-0.4, -0.2) is 13.1 Å². The summed E-state index contributed by atoms with van der Waals surface area (Å²) in [6.07, 6.45) is 18.3. The number of hydrogen-bond acceptors (Lipinski definition) is 1. The molecule has 0 amide bonds. The van der Waals surface area contributed by atoms with E-state index in [4.69, 9.17) is 0 Å². The van der Waals surface area contributed by atoms with Crippen molar-refractivity contribution < 1.29 is 0 Å². The monoisotopic (exact) mass is 199 g/mol. The molecule has 1 N–H and O–H groups in total. The molecule has 0 radical (unpaired) electrons. The molecular weight excluding hydrogens is 182 g/mol. The number of fused-ring (bicyclic) bond motifs is 3. The Balaban J connectivity index is 1.99. The third-order valence-electron chi connectivity index (χ3n) is 4.05. The van der Waals surface area contributed by atoms with Gasteiger partial charge in [0.2, 0.25) is 0 Å². The van der Waals surface area contributed by atoms with Gasteiger partial charge in [-0.2, -0.15) is 0 Å². The van der Waals surface area contributed by atoms with Crippen LogP contribution in [0.25, 0.3) is 0 Å². The van der Waals surface area contributed by atoms with E-state index in [0.29, 0.717) is 29.7 Å². The quantitative estimate of drug-likeness (QED) is 0.683. The number of rotatable bonds is 1. The molecule has 0 saturated heterocycles. The van der Waals surface area contributed by atoms with Gasteiger partial charge in [0.25, 0.3) is 0 Å². The highest BCUT2D eigenvalue weighted by Gasteiger charge is 2.46. The van der Waals surface area contributed by atoms with Crippen molar-refractivity contribution in [2.45, 2.75) is 6.04 Å². The first kappa shape index (κ1) is 9.17. The topological polar surface area (TPSA) is 12.0 Å². The van der Waals surface area contributed by atoms with Crippen LogP contribution in [-0.2, 0) is 0 Å². The summed E-state index contributed by atoms with van der Waals surface area (Å²) in [5, 5.41) is 3.49. The lowest BCUT2D eigenvalue weighted by atomic mass is 9.83. The zero-order valence-corrected chi connectivity index (χ0v) is 9.01. The number of nitrogens with one attached hydrogen (secondary N) is 1. The summed E-state index contributed by atoms with van der Waals surface area (Å²) in [4.78, 5) is 0. The van der Waals surface area contributed by atoms with Crippen molar-refractivity contribution in [1.29, 1.82) is 0 Å². The van der Waals surface area contributed by atoms with Gasteiger partial charge in [0.1, 0.15) is 0 Å². The Morgan fingerprint density at radius 2 is 1.07 bits per heavy atom. The molecule has 0 spiro atoms. The van der Waals surface area contributed by atoms with Crippen molar-refractivity contribution in [2.75, 3.05) is 7.05 Å². The normalized spacial score (nSPS) is 45.5. The van der Waals surface area contributed by atoms with Gasteiger partial charge in [0.15, 0.2) is 0 Å². The van der Waals surface area contributed by atoms with Gasteiger partial charge in [0.05, 0.1) is 0 Å². The number of allylic oxidation sites excluding steroid dienone is 6.